The van der Waals surface area contributed by atoms with Crippen LogP contribution in [0.15, 0.2) is 51.7 Å². The van der Waals surface area contributed by atoms with Crippen molar-refractivity contribution < 1.29 is 9.32 Å². The summed E-state index contributed by atoms with van der Waals surface area (Å²) in [6.07, 6.45) is 4.76. The van der Waals surface area contributed by atoms with Crippen LogP contribution in [-0.2, 0) is 4.79 Å². The van der Waals surface area contributed by atoms with Crippen molar-refractivity contribution >= 4 is 39.2 Å². The molecule has 0 radical (unpaired) electrons. The third-order valence-corrected chi connectivity index (χ3v) is 6.58. The summed E-state index contributed by atoms with van der Waals surface area (Å²) in [5.41, 5.74) is 1.54. The first-order valence-electron chi connectivity index (χ1n) is 8.62. The molecule has 1 fully saturated rings. The molecule has 4 aromatic rings. The second kappa shape index (κ2) is 7.28. The van der Waals surface area contributed by atoms with Gasteiger partial charge in [-0.25, -0.2) is 9.97 Å². The number of thioether (sulfide) groups is 1. The summed E-state index contributed by atoms with van der Waals surface area (Å²) >= 11 is 3.09. The smallest absolute Gasteiger partial charge is 0.233 e. The zero-order valence-electron chi connectivity index (χ0n) is 14.6. The Morgan fingerprint density at radius 1 is 1.25 bits per heavy atom. The van der Waals surface area contributed by atoms with Crippen molar-refractivity contribution in [2.45, 2.75) is 10.3 Å². The highest BCUT2D eigenvalue weighted by molar-refractivity contribution is 8.01. The van der Waals surface area contributed by atoms with Gasteiger partial charge in [-0.15, -0.1) is 11.3 Å². The quantitative estimate of drug-likeness (QED) is 0.463. The molecule has 0 N–H and O–H groups in total. The van der Waals surface area contributed by atoms with Crippen LogP contribution in [0.2, 0.25) is 0 Å². The lowest BCUT2D eigenvalue weighted by Gasteiger charge is -2.36. The number of amides is 1. The van der Waals surface area contributed by atoms with Gasteiger partial charge in [-0.1, -0.05) is 29.1 Å². The van der Waals surface area contributed by atoms with Crippen LogP contribution in [0.25, 0.3) is 21.7 Å². The maximum atomic E-state index is 12.4. The lowest BCUT2D eigenvalue weighted by Crippen LogP contribution is -2.49. The maximum absolute atomic E-state index is 12.4. The molecule has 0 atom stereocenters. The molecule has 1 aliphatic heterocycles. The van der Waals surface area contributed by atoms with E-state index in [2.05, 4.69) is 25.1 Å². The highest BCUT2D eigenvalue weighted by atomic mass is 32.2. The molecular formula is C18H14N6O2S2. The number of hydrogen-bond donors (Lipinski definition) is 0. The molecule has 0 unspecified atom stereocenters. The van der Waals surface area contributed by atoms with Crippen LogP contribution < -0.4 is 0 Å². The molecule has 8 nitrogen and oxygen atoms in total. The average molecular weight is 410 g/mol. The molecule has 1 aromatic carbocycles. The van der Waals surface area contributed by atoms with Crippen molar-refractivity contribution in [3.05, 3.63) is 48.7 Å². The van der Waals surface area contributed by atoms with Gasteiger partial charge >= 0.3 is 0 Å². The summed E-state index contributed by atoms with van der Waals surface area (Å²) in [6, 6.07) is 7.98. The molecule has 140 valence electrons. The van der Waals surface area contributed by atoms with Crippen LogP contribution in [0.1, 0.15) is 11.8 Å². The Morgan fingerprint density at radius 3 is 2.96 bits per heavy atom. The van der Waals surface area contributed by atoms with Crippen molar-refractivity contribution in [3.8, 4) is 11.5 Å². The van der Waals surface area contributed by atoms with E-state index in [0.29, 0.717) is 36.3 Å². The van der Waals surface area contributed by atoms with E-state index >= 15 is 0 Å². The summed E-state index contributed by atoms with van der Waals surface area (Å²) < 4.78 is 7.38. The molecule has 4 heterocycles. The number of carbonyl (C=O) groups is 1. The van der Waals surface area contributed by atoms with Crippen molar-refractivity contribution in [1.82, 2.24) is 30.0 Å². The van der Waals surface area contributed by atoms with Gasteiger partial charge in [0.2, 0.25) is 17.6 Å². The molecule has 28 heavy (non-hydrogen) atoms. The van der Waals surface area contributed by atoms with E-state index in [4.69, 9.17) is 4.52 Å². The van der Waals surface area contributed by atoms with Crippen molar-refractivity contribution in [3.63, 3.8) is 0 Å². The number of benzene rings is 1. The lowest BCUT2D eigenvalue weighted by atomic mass is 10.0. The fourth-order valence-corrected chi connectivity index (χ4v) is 4.86. The van der Waals surface area contributed by atoms with Gasteiger partial charge in [0.05, 0.1) is 28.1 Å². The Balaban J connectivity index is 1.15. The average Bonchev–Trinajstić information content (AvgIpc) is 3.33. The number of likely N-dealkylation sites (tertiary alicyclic amines) is 1. The minimum absolute atomic E-state index is 0.0642. The zero-order chi connectivity index (χ0) is 18.9. The SMILES string of the molecule is O=C(CSc1nc2ccccc2s1)N1CC(c2nc(-c3cnccn3)no2)C1. The van der Waals surface area contributed by atoms with E-state index in [1.54, 1.807) is 34.8 Å². The monoisotopic (exact) mass is 410 g/mol. The molecule has 10 heteroatoms. The molecule has 0 aliphatic carbocycles. The van der Waals surface area contributed by atoms with Crippen molar-refractivity contribution in [2.75, 3.05) is 18.8 Å². The number of hydrogen-bond acceptors (Lipinski definition) is 9. The van der Waals surface area contributed by atoms with Gasteiger partial charge in [0.25, 0.3) is 0 Å². The van der Waals surface area contributed by atoms with E-state index in [0.717, 1.165) is 14.6 Å². The fraction of sp³-hybridized carbons (Fsp3) is 0.222. The molecule has 5 rings (SSSR count). The summed E-state index contributed by atoms with van der Waals surface area (Å²) in [6.45, 7) is 1.17. The van der Waals surface area contributed by atoms with E-state index in [-0.39, 0.29) is 11.8 Å². The summed E-state index contributed by atoms with van der Waals surface area (Å²) in [5.74, 6) is 1.48. The molecule has 1 amide bonds. The predicted octanol–water partition coefficient (Wildman–Crippen LogP) is 2.85. The molecule has 1 aliphatic rings. The van der Waals surface area contributed by atoms with Gasteiger partial charge in [0.15, 0.2) is 4.34 Å². The van der Waals surface area contributed by atoms with Crippen LogP contribution in [0.3, 0.4) is 0 Å². The Hall–Kier alpha value is -2.85. The van der Waals surface area contributed by atoms with E-state index < -0.39 is 0 Å². The largest absolute Gasteiger partial charge is 0.340 e. The normalized spacial score (nSPS) is 14.4. The number of thiazole rings is 1. The standard InChI is InChI=1S/C18H14N6O2S2/c25-15(10-27-18-21-12-3-1-2-4-14(12)28-18)24-8-11(9-24)17-22-16(23-26-17)13-7-19-5-6-20-13/h1-7,11H,8-10H2. The Kier molecular flexibility index (Phi) is 4.49. The second-order valence-corrected chi connectivity index (χ2v) is 8.53. The number of nitrogens with zero attached hydrogens (tertiary/aromatic N) is 6. The first-order chi connectivity index (χ1) is 13.8. The molecular weight excluding hydrogens is 396 g/mol. The third kappa shape index (κ3) is 3.36. The highest BCUT2D eigenvalue weighted by Gasteiger charge is 2.35. The minimum atomic E-state index is 0.0642. The summed E-state index contributed by atoms with van der Waals surface area (Å²) in [5, 5.41) is 3.95. The molecule has 0 bridgehead atoms. The van der Waals surface area contributed by atoms with Gasteiger partial charge < -0.3 is 9.42 Å². The van der Waals surface area contributed by atoms with Crippen LogP contribution in [0.5, 0.6) is 0 Å². The van der Waals surface area contributed by atoms with Gasteiger partial charge in [0.1, 0.15) is 5.69 Å². The number of carbonyl (C=O) groups excluding carboxylic acids is 1. The van der Waals surface area contributed by atoms with Crippen LogP contribution >= 0.6 is 23.1 Å². The van der Waals surface area contributed by atoms with E-state index in [1.807, 2.05) is 24.3 Å². The topological polar surface area (TPSA) is 97.9 Å². The summed E-state index contributed by atoms with van der Waals surface area (Å²) in [7, 11) is 0. The predicted molar refractivity (Wildman–Crippen MR) is 105 cm³/mol. The molecule has 1 saturated heterocycles. The lowest BCUT2D eigenvalue weighted by molar-refractivity contribution is -0.133. The van der Waals surface area contributed by atoms with Gasteiger partial charge in [0, 0.05) is 25.5 Å². The molecule has 0 saturated carbocycles. The van der Waals surface area contributed by atoms with Crippen molar-refractivity contribution in [2.24, 2.45) is 0 Å². The van der Waals surface area contributed by atoms with Gasteiger partial charge in [-0.3, -0.25) is 9.78 Å². The Labute approximate surface area is 168 Å². The van der Waals surface area contributed by atoms with Crippen LogP contribution in [0.4, 0.5) is 0 Å². The van der Waals surface area contributed by atoms with Gasteiger partial charge in [-0.2, -0.15) is 4.98 Å². The summed E-state index contributed by atoms with van der Waals surface area (Å²) in [4.78, 5) is 31.3. The minimum Gasteiger partial charge on any atom is -0.340 e. The number of aromatic nitrogens is 5. The Bertz CT molecular complexity index is 1090. The highest BCUT2D eigenvalue weighted by Crippen LogP contribution is 2.31. The molecule has 0 spiro atoms. The number of rotatable bonds is 5. The number of para-hydroxylation sites is 1. The fourth-order valence-electron chi connectivity index (χ4n) is 2.89. The van der Waals surface area contributed by atoms with Crippen molar-refractivity contribution in [1.29, 1.82) is 0 Å². The van der Waals surface area contributed by atoms with E-state index in [9.17, 15) is 4.79 Å². The number of fused-ring (bicyclic) bond motifs is 1. The second-order valence-electron chi connectivity index (χ2n) is 6.28. The van der Waals surface area contributed by atoms with Gasteiger partial charge in [-0.05, 0) is 12.1 Å². The Morgan fingerprint density at radius 2 is 2.14 bits per heavy atom. The van der Waals surface area contributed by atoms with Crippen LogP contribution in [-0.4, -0.2) is 54.7 Å². The molecule has 3 aromatic heterocycles. The van der Waals surface area contributed by atoms with E-state index in [1.165, 1.54) is 11.8 Å². The van der Waals surface area contributed by atoms with Crippen LogP contribution in [0, 0.1) is 0 Å². The third-order valence-electron chi connectivity index (χ3n) is 4.41. The first kappa shape index (κ1) is 17.3. The maximum Gasteiger partial charge on any atom is 0.233 e. The zero-order valence-corrected chi connectivity index (χ0v) is 16.2. The first-order valence-corrected chi connectivity index (χ1v) is 10.4.